The van der Waals surface area contributed by atoms with Crippen LogP contribution in [0.4, 0.5) is 5.69 Å². The first-order valence-corrected chi connectivity index (χ1v) is 6.71. The molecule has 7 heteroatoms. The molecule has 0 amide bonds. The number of carbonyl (C=O) groups is 1. The minimum atomic E-state index is -3.67. The molecule has 0 aliphatic heterocycles. The van der Waals surface area contributed by atoms with Crippen LogP contribution < -0.4 is 5.73 Å². The van der Waals surface area contributed by atoms with E-state index in [1.54, 1.807) is 12.1 Å². The molecule has 1 aromatic carbocycles. The first-order valence-electron chi connectivity index (χ1n) is 5.27. The largest absolute Gasteiger partial charge is 0.469 e. The Morgan fingerprint density at radius 2 is 2.00 bits per heavy atom. The molecule has 0 saturated heterocycles. The molecule has 1 aromatic rings. The Balaban J connectivity index is 2.87. The van der Waals surface area contributed by atoms with E-state index in [-0.39, 0.29) is 23.5 Å². The lowest BCUT2D eigenvalue weighted by Gasteiger charge is -2.17. The van der Waals surface area contributed by atoms with Gasteiger partial charge in [-0.05, 0) is 12.1 Å². The highest BCUT2D eigenvalue weighted by Crippen LogP contribution is 2.20. The van der Waals surface area contributed by atoms with Crippen LogP contribution in [0.1, 0.15) is 6.42 Å². The maximum Gasteiger partial charge on any atom is 0.306 e. The maximum absolute atomic E-state index is 12.1. The minimum Gasteiger partial charge on any atom is -0.469 e. The standard InChI is InChI=1S/C11H16N2O4S/c1-13(8-7-11(14)17-2)18(15,16)10-6-4-3-5-9(10)12/h3-6H,7-8,12H2,1-2H3. The third-order valence-electron chi connectivity index (χ3n) is 2.47. The van der Waals surface area contributed by atoms with Crippen molar-refractivity contribution < 1.29 is 17.9 Å². The zero-order chi connectivity index (χ0) is 13.8. The van der Waals surface area contributed by atoms with Crippen molar-refractivity contribution in [1.82, 2.24) is 4.31 Å². The number of rotatable bonds is 5. The van der Waals surface area contributed by atoms with E-state index < -0.39 is 16.0 Å². The van der Waals surface area contributed by atoms with Gasteiger partial charge >= 0.3 is 5.97 Å². The molecule has 0 bridgehead atoms. The van der Waals surface area contributed by atoms with Crippen molar-refractivity contribution >= 4 is 21.7 Å². The third-order valence-corrected chi connectivity index (χ3v) is 4.40. The molecule has 0 radical (unpaired) electrons. The number of ether oxygens (including phenoxy) is 1. The Morgan fingerprint density at radius 3 is 2.56 bits per heavy atom. The predicted octanol–water partition coefficient (Wildman–Crippen LogP) is 0.452. The van der Waals surface area contributed by atoms with Gasteiger partial charge in [0, 0.05) is 13.6 Å². The molecule has 0 unspecified atom stereocenters. The van der Waals surface area contributed by atoms with Crippen molar-refractivity contribution in [2.75, 3.05) is 26.4 Å². The van der Waals surface area contributed by atoms with Gasteiger partial charge in [-0.2, -0.15) is 0 Å². The van der Waals surface area contributed by atoms with Crippen molar-refractivity contribution in [3.05, 3.63) is 24.3 Å². The average Bonchev–Trinajstić information content (AvgIpc) is 2.35. The first-order chi connectivity index (χ1) is 8.39. The van der Waals surface area contributed by atoms with E-state index in [9.17, 15) is 13.2 Å². The minimum absolute atomic E-state index is 0.00102. The molecule has 0 heterocycles. The number of hydrogen-bond acceptors (Lipinski definition) is 5. The quantitative estimate of drug-likeness (QED) is 0.621. The number of carbonyl (C=O) groups excluding carboxylic acids is 1. The Kier molecular flexibility index (Phi) is 4.69. The summed E-state index contributed by atoms with van der Waals surface area (Å²) < 4.78 is 29.8. The third kappa shape index (κ3) is 3.21. The highest BCUT2D eigenvalue weighted by atomic mass is 32.2. The number of nitrogens with two attached hydrogens (primary N) is 1. The van der Waals surface area contributed by atoms with Crippen LogP contribution in [0.3, 0.4) is 0 Å². The monoisotopic (exact) mass is 272 g/mol. The van der Waals surface area contributed by atoms with Crippen molar-refractivity contribution in [1.29, 1.82) is 0 Å². The van der Waals surface area contributed by atoms with Crippen molar-refractivity contribution in [3.63, 3.8) is 0 Å². The lowest BCUT2D eigenvalue weighted by atomic mass is 10.3. The summed E-state index contributed by atoms with van der Waals surface area (Å²) in [6.45, 7) is 0.0450. The molecule has 1 rings (SSSR count). The fourth-order valence-electron chi connectivity index (χ4n) is 1.35. The van der Waals surface area contributed by atoms with E-state index in [4.69, 9.17) is 5.73 Å². The van der Waals surface area contributed by atoms with E-state index in [0.717, 1.165) is 4.31 Å². The highest BCUT2D eigenvalue weighted by Gasteiger charge is 2.23. The van der Waals surface area contributed by atoms with Gasteiger partial charge < -0.3 is 10.5 Å². The van der Waals surface area contributed by atoms with Gasteiger partial charge in [-0.15, -0.1) is 0 Å². The number of sulfonamides is 1. The normalized spacial score (nSPS) is 11.5. The summed E-state index contributed by atoms with van der Waals surface area (Å²) in [6, 6.07) is 6.19. The van der Waals surface area contributed by atoms with Crippen LogP contribution in [0.5, 0.6) is 0 Å². The molecule has 0 aliphatic carbocycles. The summed E-state index contributed by atoms with van der Waals surface area (Å²) in [5.74, 6) is -0.460. The van der Waals surface area contributed by atoms with E-state index in [0.29, 0.717) is 0 Å². The van der Waals surface area contributed by atoms with E-state index in [2.05, 4.69) is 4.74 Å². The van der Waals surface area contributed by atoms with E-state index in [1.165, 1.54) is 26.3 Å². The van der Waals surface area contributed by atoms with Gasteiger partial charge in [0.05, 0.1) is 19.2 Å². The van der Waals surface area contributed by atoms with Gasteiger partial charge in [-0.25, -0.2) is 12.7 Å². The molecule has 0 aromatic heterocycles. The molecule has 0 aliphatic rings. The zero-order valence-electron chi connectivity index (χ0n) is 10.3. The first kappa shape index (κ1) is 14.5. The summed E-state index contributed by atoms with van der Waals surface area (Å²) in [6.07, 6.45) is -0.00102. The summed E-state index contributed by atoms with van der Waals surface area (Å²) in [5.41, 5.74) is 5.81. The van der Waals surface area contributed by atoms with Crippen molar-refractivity contribution in [2.45, 2.75) is 11.3 Å². The Hall–Kier alpha value is -1.60. The van der Waals surface area contributed by atoms with Crippen LogP contribution in [0, 0.1) is 0 Å². The molecular formula is C11H16N2O4S. The van der Waals surface area contributed by atoms with Crippen LogP contribution in [0.15, 0.2) is 29.2 Å². The second-order valence-electron chi connectivity index (χ2n) is 3.69. The van der Waals surface area contributed by atoms with Gasteiger partial charge in [-0.1, -0.05) is 12.1 Å². The van der Waals surface area contributed by atoms with Crippen LogP contribution in [0.2, 0.25) is 0 Å². The number of esters is 1. The predicted molar refractivity (Wildman–Crippen MR) is 67.3 cm³/mol. The average molecular weight is 272 g/mol. The molecule has 100 valence electrons. The summed E-state index contributed by atoms with van der Waals surface area (Å²) in [5, 5.41) is 0. The van der Waals surface area contributed by atoms with Gasteiger partial charge in [0.25, 0.3) is 0 Å². The smallest absolute Gasteiger partial charge is 0.306 e. The fraction of sp³-hybridized carbons (Fsp3) is 0.364. The van der Waals surface area contributed by atoms with Gasteiger partial charge in [0.2, 0.25) is 10.0 Å². The van der Waals surface area contributed by atoms with Gasteiger partial charge in [0.15, 0.2) is 0 Å². The number of benzene rings is 1. The molecule has 0 fully saturated rings. The Morgan fingerprint density at radius 1 is 1.39 bits per heavy atom. The number of anilines is 1. The zero-order valence-corrected chi connectivity index (χ0v) is 11.1. The summed E-state index contributed by atoms with van der Waals surface area (Å²) >= 11 is 0. The molecule has 0 spiro atoms. The molecule has 0 atom stereocenters. The summed E-state index contributed by atoms with van der Waals surface area (Å²) in [4.78, 5) is 11.0. The number of nitrogen functional groups attached to an aromatic ring is 1. The summed E-state index contributed by atoms with van der Waals surface area (Å²) in [7, 11) is -1.02. The molecule has 6 nitrogen and oxygen atoms in total. The molecular weight excluding hydrogens is 256 g/mol. The van der Waals surface area contributed by atoms with Crippen molar-refractivity contribution in [2.24, 2.45) is 0 Å². The number of nitrogens with zero attached hydrogens (tertiary/aromatic N) is 1. The molecule has 2 N–H and O–H groups in total. The van der Waals surface area contributed by atoms with Crippen molar-refractivity contribution in [3.8, 4) is 0 Å². The lowest BCUT2D eigenvalue weighted by molar-refractivity contribution is -0.140. The molecule has 18 heavy (non-hydrogen) atoms. The number of methoxy groups -OCH3 is 1. The fourth-order valence-corrected chi connectivity index (χ4v) is 2.64. The second kappa shape index (κ2) is 5.83. The second-order valence-corrected chi connectivity index (χ2v) is 5.70. The Bertz CT molecular complexity index is 528. The molecule has 0 saturated carbocycles. The van der Waals surface area contributed by atoms with Gasteiger partial charge in [0.1, 0.15) is 4.90 Å². The van der Waals surface area contributed by atoms with E-state index >= 15 is 0 Å². The van der Waals surface area contributed by atoms with Crippen LogP contribution in [0.25, 0.3) is 0 Å². The lowest BCUT2D eigenvalue weighted by Crippen LogP contribution is -2.30. The van der Waals surface area contributed by atoms with Crippen LogP contribution >= 0.6 is 0 Å². The van der Waals surface area contributed by atoms with E-state index in [1.807, 2.05) is 0 Å². The highest BCUT2D eigenvalue weighted by molar-refractivity contribution is 7.89. The van der Waals surface area contributed by atoms with Crippen LogP contribution in [-0.2, 0) is 19.6 Å². The Labute approximate surface area is 106 Å². The maximum atomic E-state index is 12.1. The topological polar surface area (TPSA) is 89.7 Å². The number of hydrogen-bond donors (Lipinski definition) is 1. The SMILES string of the molecule is COC(=O)CCN(C)S(=O)(=O)c1ccccc1N. The van der Waals surface area contributed by atoms with Gasteiger partial charge in [-0.3, -0.25) is 4.79 Å². The number of para-hydroxylation sites is 1. The van der Waals surface area contributed by atoms with Crippen LogP contribution in [-0.4, -0.2) is 39.4 Å².